The van der Waals surface area contributed by atoms with Gasteiger partial charge < -0.3 is 10.1 Å². The monoisotopic (exact) mass is 585 g/mol. The summed E-state index contributed by atoms with van der Waals surface area (Å²) in [6, 6.07) is 16.7. The molecule has 3 aromatic carbocycles. The maximum absolute atomic E-state index is 14.0. The molecule has 12 heteroatoms. The number of alkyl halides is 6. The van der Waals surface area contributed by atoms with Gasteiger partial charge in [0.15, 0.2) is 0 Å². The molecule has 40 heavy (non-hydrogen) atoms. The average Bonchev–Trinajstić information content (AvgIpc) is 3.73. The van der Waals surface area contributed by atoms with Crippen molar-refractivity contribution in [3.05, 3.63) is 107 Å². The number of rotatable bonds is 10. The number of ether oxygens (including phenoxy) is 1. The molecule has 0 aliphatic heterocycles. The van der Waals surface area contributed by atoms with Crippen LogP contribution in [-0.4, -0.2) is 26.7 Å². The molecular weight excluding hydrogens is 560 g/mol. The largest absolute Gasteiger partial charge is 0.430 e. The van der Waals surface area contributed by atoms with E-state index >= 15 is 0 Å². The van der Waals surface area contributed by atoms with Crippen molar-refractivity contribution in [2.75, 3.05) is 0 Å². The molecule has 1 atom stereocenters. The number of thiol groups is 1. The van der Waals surface area contributed by atoms with Crippen LogP contribution in [0.2, 0.25) is 0 Å². The van der Waals surface area contributed by atoms with E-state index in [2.05, 4.69) is 10.1 Å². The molecule has 0 aromatic heterocycles. The smallest absolute Gasteiger partial charge is 0.349 e. The van der Waals surface area contributed by atoms with E-state index in [1.165, 1.54) is 24.3 Å². The Morgan fingerprint density at radius 1 is 0.825 bits per heavy atom. The van der Waals surface area contributed by atoms with E-state index in [0.29, 0.717) is 23.3 Å². The fourth-order valence-electron chi connectivity index (χ4n) is 4.45. The van der Waals surface area contributed by atoms with Gasteiger partial charge in [-0.05, 0) is 47.6 Å². The van der Waals surface area contributed by atoms with Crippen LogP contribution in [0.3, 0.4) is 0 Å². The zero-order valence-electron chi connectivity index (χ0n) is 20.8. The third kappa shape index (κ3) is 6.33. The second-order valence-corrected chi connectivity index (χ2v) is 10.6. The lowest BCUT2D eigenvalue weighted by Gasteiger charge is -2.37. The summed E-state index contributed by atoms with van der Waals surface area (Å²) in [4.78, 5) is 12.6. The highest BCUT2D eigenvalue weighted by atomic mass is 32.2. The molecule has 214 valence electrons. The standard InChI is InChI=1S/C28H25F6NO4S/c29-27(30,31)26(28(32,33)34,39-17-19-4-2-1-3-5-19)23-14-12-22(13-15-23)25(36)35-16-18-6-8-20(9-7-18)24(40(37)38)21-10-11-21/h1-9,12-15,21,24,40H,10-11,16-17H2,(H,35,36). The molecule has 4 rings (SSSR count). The first-order chi connectivity index (χ1) is 18.8. The van der Waals surface area contributed by atoms with Gasteiger partial charge in [-0.1, -0.05) is 66.7 Å². The fraction of sp³-hybridized carbons (Fsp3) is 0.321. The van der Waals surface area contributed by atoms with Crippen molar-refractivity contribution in [1.29, 1.82) is 0 Å². The van der Waals surface area contributed by atoms with Crippen LogP contribution >= 0.6 is 0 Å². The zero-order chi connectivity index (χ0) is 29.1. The van der Waals surface area contributed by atoms with Gasteiger partial charge in [0.2, 0.25) is 0 Å². The van der Waals surface area contributed by atoms with Gasteiger partial charge in [0.05, 0.1) is 11.9 Å². The predicted octanol–water partition coefficient (Wildman–Crippen LogP) is 6.22. The van der Waals surface area contributed by atoms with E-state index < -0.39 is 52.0 Å². The van der Waals surface area contributed by atoms with Crippen LogP contribution in [0.1, 0.15) is 50.7 Å². The molecule has 1 saturated carbocycles. The number of amides is 1. The number of halogens is 6. The molecule has 0 bridgehead atoms. The Morgan fingerprint density at radius 2 is 1.40 bits per heavy atom. The van der Waals surface area contributed by atoms with E-state index in [9.17, 15) is 39.6 Å². The Bertz CT molecular complexity index is 1360. The highest BCUT2D eigenvalue weighted by Crippen LogP contribution is 2.53. The predicted molar refractivity (Wildman–Crippen MR) is 135 cm³/mol. The van der Waals surface area contributed by atoms with Gasteiger partial charge in [0.1, 0.15) is 10.7 Å². The maximum atomic E-state index is 14.0. The second kappa shape index (κ2) is 11.6. The van der Waals surface area contributed by atoms with Gasteiger partial charge in [-0.3, -0.25) is 4.79 Å². The Hall–Kier alpha value is -3.38. The molecule has 1 unspecified atom stereocenters. The molecule has 1 fully saturated rings. The quantitative estimate of drug-likeness (QED) is 0.219. The summed E-state index contributed by atoms with van der Waals surface area (Å²) in [6.45, 7) is -0.943. The van der Waals surface area contributed by atoms with E-state index in [-0.39, 0.29) is 23.6 Å². The Morgan fingerprint density at radius 3 is 1.90 bits per heavy atom. The van der Waals surface area contributed by atoms with Gasteiger partial charge in [0.25, 0.3) is 11.5 Å². The fourth-order valence-corrected chi connectivity index (χ4v) is 5.51. The number of benzene rings is 3. The summed E-state index contributed by atoms with van der Waals surface area (Å²) in [5.74, 6) is -0.615. The van der Waals surface area contributed by atoms with Crippen LogP contribution in [0.25, 0.3) is 0 Å². The molecule has 0 heterocycles. The minimum atomic E-state index is -5.85. The summed E-state index contributed by atoms with van der Waals surface area (Å²) >= 11 is 0. The summed E-state index contributed by atoms with van der Waals surface area (Å²) in [5.41, 5.74) is -4.58. The summed E-state index contributed by atoms with van der Waals surface area (Å²) in [7, 11) is -2.64. The molecular formula is C28H25F6NO4S. The molecule has 0 radical (unpaired) electrons. The number of nitrogens with one attached hydrogen (secondary N) is 1. The van der Waals surface area contributed by atoms with Crippen LogP contribution in [0.4, 0.5) is 26.3 Å². The average molecular weight is 586 g/mol. The minimum Gasteiger partial charge on any atom is -0.349 e. The molecule has 1 aliphatic carbocycles. The van der Waals surface area contributed by atoms with Gasteiger partial charge in [-0.15, -0.1) is 0 Å². The van der Waals surface area contributed by atoms with Crippen molar-refractivity contribution in [3.63, 3.8) is 0 Å². The van der Waals surface area contributed by atoms with Crippen molar-refractivity contribution < 1.29 is 44.3 Å². The van der Waals surface area contributed by atoms with Gasteiger partial charge >= 0.3 is 12.4 Å². The van der Waals surface area contributed by atoms with Crippen molar-refractivity contribution in [3.8, 4) is 0 Å². The van der Waals surface area contributed by atoms with Crippen molar-refractivity contribution in [1.82, 2.24) is 5.32 Å². The molecule has 3 aromatic rings. The first kappa shape index (κ1) is 29.6. The summed E-state index contributed by atoms with van der Waals surface area (Å²) in [5, 5.41) is 1.99. The Kier molecular flexibility index (Phi) is 8.60. The highest BCUT2D eigenvalue weighted by molar-refractivity contribution is 7.72. The van der Waals surface area contributed by atoms with Crippen LogP contribution in [0.5, 0.6) is 0 Å². The summed E-state index contributed by atoms with van der Waals surface area (Å²) < 4.78 is 112. The van der Waals surface area contributed by atoms with E-state index in [0.717, 1.165) is 25.0 Å². The number of hydrogen-bond acceptors (Lipinski definition) is 4. The maximum Gasteiger partial charge on any atom is 0.430 e. The molecule has 0 spiro atoms. The zero-order valence-corrected chi connectivity index (χ0v) is 21.7. The molecule has 5 nitrogen and oxygen atoms in total. The third-order valence-electron chi connectivity index (χ3n) is 6.72. The van der Waals surface area contributed by atoms with E-state index in [4.69, 9.17) is 0 Å². The van der Waals surface area contributed by atoms with Crippen molar-refractivity contribution in [2.45, 2.75) is 49.2 Å². The first-order valence-corrected chi connectivity index (χ1v) is 13.5. The van der Waals surface area contributed by atoms with Gasteiger partial charge in [-0.2, -0.15) is 26.3 Å². The van der Waals surface area contributed by atoms with Crippen molar-refractivity contribution in [2.24, 2.45) is 5.92 Å². The number of hydrogen-bond donors (Lipinski definition) is 2. The topological polar surface area (TPSA) is 72.5 Å². The lowest BCUT2D eigenvalue weighted by molar-refractivity contribution is -0.392. The molecule has 0 saturated heterocycles. The van der Waals surface area contributed by atoms with Crippen LogP contribution in [-0.2, 0) is 34.2 Å². The number of carbonyl (C=O) groups excluding carboxylic acids is 1. The number of carbonyl (C=O) groups is 1. The van der Waals surface area contributed by atoms with Gasteiger partial charge in [-0.25, -0.2) is 8.42 Å². The molecule has 1 amide bonds. The van der Waals surface area contributed by atoms with Crippen LogP contribution < -0.4 is 5.32 Å². The third-order valence-corrected chi connectivity index (χ3v) is 7.89. The normalized spacial score (nSPS) is 15.2. The SMILES string of the molecule is O=C(NCc1ccc(C(C2CC2)[SH](=O)=O)cc1)c1ccc(C(OCc2ccccc2)(C(F)(F)F)C(F)(F)F)cc1. The first-order valence-electron chi connectivity index (χ1n) is 12.3. The Balaban J connectivity index is 1.49. The van der Waals surface area contributed by atoms with Crippen molar-refractivity contribution >= 4 is 16.6 Å². The van der Waals surface area contributed by atoms with Crippen LogP contribution in [0.15, 0.2) is 78.9 Å². The second-order valence-electron chi connectivity index (χ2n) is 9.52. The molecule has 1 N–H and O–H groups in total. The van der Waals surface area contributed by atoms with Gasteiger partial charge in [0, 0.05) is 17.7 Å². The highest BCUT2D eigenvalue weighted by Gasteiger charge is 2.73. The Labute approximate surface area is 228 Å². The lowest BCUT2D eigenvalue weighted by Crippen LogP contribution is -2.55. The minimum absolute atomic E-state index is 0.00764. The van der Waals surface area contributed by atoms with E-state index in [1.54, 1.807) is 30.3 Å². The summed E-state index contributed by atoms with van der Waals surface area (Å²) in [6.07, 6.45) is -10.0. The van der Waals surface area contributed by atoms with E-state index in [1.807, 2.05) is 0 Å². The lowest BCUT2D eigenvalue weighted by atomic mass is 9.90. The molecule has 1 aliphatic rings. The van der Waals surface area contributed by atoms with Crippen LogP contribution in [0, 0.1) is 5.92 Å².